The molecule has 1 N–H and O–H groups in total. The Bertz CT molecular complexity index is 847. The second-order valence-corrected chi connectivity index (χ2v) is 4.21. The van der Waals surface area contributed by atoms with Gasteiger partial charge in [-0.2, -0.15) is 10.5 Å². The van der Waals surface area contributed by atoms with Crippen LogP contribution in [0.2, 0.25) is 0 Å². The Balaban J connectivity index is 2.33. The number of carbonyl (C=O) groups excluding carboxylic acids is 1. The number of nitriles is 2. The van der Waals surface area contributed by atoms with Gasteiger partial charge in [0, 0.05) is 11.8 Å². The Hall–Kier alpha value is -3.71. The summed E-state index contributed by atoms with van der Waals surface area (Å²) in [6.45, 7) is 0. The van der Waals surface area contributed by atoms with Crippen LogP contribution in [0.4, 0.5) is 11.4 Å². The van der Waals surface area contributed by atoms with E-state index in [1.807, 2.05) is 12.1 Å². The van der Waals surface area contributed by atoms with Crippen molar-refractivity contribution >= 4 is 17.3 Å². The number of para-hydroxylation sites is 1. The van der Waals surface area contributed by atoms with E-state index in [0.717, 1.165) is 0 Å². The van der Waals surface area contributed by atoms with Gasteiger partial charge in [0.2, 0.25) is 0 Å². The summed E-state index contributed by atoms with van der Waals surface area (Å²) in [5.74, 6) is -0.666. The number of benzene rings is 2. The van der Waals surface area contributed by atoms with Gasteiger partial charge in [-0.15, -0.1) is 0 Å². The molecule has 0 heterocycles. The lowest BCUT2D eigenvalue weighted by Crippen LogP contribution is -2.14. The molecule has 0 saturated carbocycles. The number of hydrogen-bond donors (Lipinski definition) is 1. The maximum atomic E-state index is 12.1. The fourth-order valence-electron chi connectivity index (χ4n) is 1.84. The van der Waals surface area contributed by atoms with Gasteiger partial charge in [0.1, 0.15) is 17.7 Å². The number of rotatable bonds is 3. The van der Waals surface area contributed by atoms with Crippen molar-refractivity contribution in [2.24, 2.45) is 0 Å². The third-order valence-electron chi connectivity index (χ3n) is 2.86. The number of anilines is 1. The zero-order chi connectivity index (χ0) is 16.1. The van der Waals surface area contributed by atoms with Crippen molar-refractivity contribution in [1.29, 1.82) is 10.5 Å². The van der Waals surface area contributed by atoms with Crippen molar-refractivity contribution in [3.8, 4) is 12.1 Å². The van der Waals surface area contributed by atoms with Gasteiger partial charge in [0.25, 0.3) is 11.6 Å². The Kier molecular flexibility index (Phi) is 4.11. The van der Waals surface area contributed by atoms with Gasteiger partial charge >= 0.3 is 0 Å². The summed E-state index contributed by atoms with van der Waals surface area (Å²) < 4.78 is 0. The van der Waals surface area contributed by atoms with E-state index in [-0.39, 0.29) is 28.1 Å². The second kappa shape index (κ2) is 6.16. The first kappa shape index (κ1) is 14.7. The van der Waals surface area contributed by atoms with Crippen molar-refractivity contribution in [1.82, 2.24) is 0 Å². The van der Waals surface area contributed by atoms with E-state index in [2.05, 4.69) is 5.32 Å². The van der Waals surface area contributed by atoms with Gasteiger partial charge in [-0.1, -0.05) is 12.1 Å². The third kappa shape index (κ3) is 2.89. The molecule has 7 heteroatoms. The summed E-state index contributed by atoms with van der Waals surface area (Å²) in [6, 6.07) is 13.4. The number of nitrogens with one attached hydrogen (secondary N) is 1. The molecule has 2 aromatic rings. The number of nitro groups is 1. The van der Waals surface area contributed by atoms with E-state index in [1.165, 1.54) is 42.5 Å². The molecular formula is C15H8N4O3. The molecule has 0 aliphatic carbocycles. The highest BCUT2D eigenvalue weighted by molar-refractivity contribution is 6.07. The molecule has 0 aromatic heterocycles. The summed E-state index contributed by atoms with van der Waals surface area (Å²) in [4.78, 5) is 22.4. The summed E-state index contributed by atoms with van der Waals surface area (Å²) in [6.07, 6.45) is 0. The minimum absolute atomic E-state index is 0.0876. The molecule has 22 heavy (non-hydrogen) atoms. The van der Waals surface area contributed by atoms with E-state index in [1.54, 1.807) is 0 Å². The van der Waals surface area contributed by atoms with E-state index in [0.29, 0.717) is 0 Å². The van der Waals surface area contributed by atoms with E-state index >= 15 is 0 Å². The first-order valence-corrected chi connectivity index (χ1v) is 6.06. The highest BCUT2D eigenvalue weighted by Gasteiger charge is 2.19. The molecule has 106 valence electrons. The predicted molar refractivity (Wildman–Crippen MR) is 76.9 cm³/mol. The zero-order valence-electron chi connectivity index (χ0n) is 11.1. The second-order valence-electron chi connectivity index (χ2n) is 4.21. The maximum absolute atomic E-state index is 12.1. The molecular weight excluding hydrogens is 284 g/mol. The summed E-state index contributed by atoms with van der Waals surface area (Å²) in [5.41, 5.74) is 0.178. The SMILES string of the molecule is N#Cc1ccc(NC(=O)c2ccccc2[N+](=O)[O-])cc1C#N. The van der Waals surface area contributed by atoms with Crippen LogP contribution in [0.15, 0.2) is 42.5 Å². The normalized spacial score (nSPS) is 9.36. The van der Waals surface area contributed by atoms with Crippen molar-refractivity contribution < 1.29 is 9.72 Å². The van der Waals surface area contributed by atoms with E-state index < -0.39 is 10.8 Å². The Morgan fingerprint density at radius 2 is 1.77 bits per heavy atom. The van der Waals surface area contributed by atoms with Crippen molar-refractivity contribution in [2.75, 3.05) is 5.32 Å². The topological polar surface area (TPSA) is 120 Å². The molecule has 0 aliphatic heterocycles. The number of nitrogens with zero attached hydrogens (tertiary/aromatic N) is 3. The van der Waals surface area contributed by atoms with Crippen LogP contribution in [0.25, 0.3) is 0 Å². The van der Waals surface area contributed by atoms with Crippen molar-refractivity contribution in [3.63, 3.8) is 0 Å². The minimum Gasteiger partial charge on any atom is -0.322 e. The van der Waals surface area contributed by atoms with Crippen molar-refractivity contribution in [2.45, 2.75) is 0 Å². The fraction of sp³-hybridized carbons (Fsp3) is 0. The number of amides is 1. The fourth-order valence-corrected chi connectivity index (χ4v) is 1.84. The number of nitro benzene ring substituents is 1. The molecule has 0 radical (unpaired) electrons. The first-order valence-electron chi connectivity index (χ1n) is 6.06. The average Bonchev–Trinajstić information content (AvgIpc) is 2.54. The standard InChI is InChI=1S/C15H8N4O3/c16-8-10-5-6-12(7-11(10)9-17)18-15(20)13-3-1-2-4-14(13)19(21)22/h1-7H,(H,18,20). The van der Waals surface area contributed by atoms with Crippen LogP contribution in [0.1, 0.15) is 21.5 Å². The predicted octanol–water partition coefficient (Wildman–Crippen LogP) is 2.59. The molecule has 0 fully saturated rings. The molecule has 1 amide bonds. The van der Waals surface area contributed by atoms with Gasteiger partial charge in [0.05, 0.1) is 16.1 Å². The van der Waals surface area contributed by atoms with Gasteiger partial charge < -0.3 is 5.32 Å². The Labute approximate surface area is 125 Å². The number of carbonyl (C=O) groups is 1. The largest absolute Gasteiger partial charge is 0.322 e. The lowest BCUT2D eigenvalue weighted by Gasteiger charge is -2.06. The van der Waals surface area contributed by atoms with Crippen LogP contribution in [-0.2, 0) is 0 Å². The zero-order valence-corrected chi connectivity index (χ0v) is 11.1. The Morgan fingerprint density at radius 1 is 1.09 bits per heavy atom. The molecule has 0 atom stereocenters. The van der Waals surface area contributed by atoms with Crippen molar-refractivity contribution in [3.05, 3.63) is 69.3 Å². The van der Waals surface area contributed by atoms with Crippen LogP contribution in [0, 0.1) is 32.8 Å². The molecule has 0 aliphatic rings. The minimum atomic E-state index is -0.666. The van der Waals surface area contributed by atoms with Crippen LogP contribution < -0.4 is 5.32 Å². The summed E-state index contributed by atoms with van der Waals surface area (Å²) in [7, 11) is 0. The molecule has 0 spiro atoms. The molecule has 7 nitrogen and oxygen atoms in total. The van der Waals surface area contributed by atoms with Crippen LogP contribution in [0.5, 0.6) is 0 Å². The molecule has 0 unspecified atom stereocenters. The van der Waals surface area contributed by atoms with Gasteiger partial charge in [0.15, 0.2) is 0 Å². The molecule has 2 rings (SSSR count). The quantitative estimate of drug-likeness (QED) is 0.688. The average molecular weight is 292 g/mol. The smallest absolute Gasteiger partial charge is 0.282 e. The summed E-state index contributed by atoms with van der Waals surface area (Å²) in [5, 5.41) is 31.2. The highest BCUT2D eigenvalue weighted by Crippen LogP contribution is 2.20. The lowest BCUT2D eigenvalue weighted by molar-refractivity contribution is -0.385. The summed E-state index contributed by atoms with van der Waals surface area (Å²) >= 11 is 0. The molecule has 0 saturated heterocycles. The highest BCUT2D eigenvalue weighted by atomic mass is 16.6. The van der Waals surface area contributed by atoms with Crippen LogP contribution >= 0.6 is 0 Å². The van der Waals surface area contributed by atoms with E-state index in [4.69, 9.17) is 10.5 Å². The van der Waals surface area contributed by atoms with Crippen LogP contribution in [-0.4, -0.2) is 10.8 Å². The number of hydrogen-bond acceptors (Lipinski definition) is 5. The third-order valence-corrected chi connectivity index (χ3v) is 2.86. The maximum Gasteiger partial charge on any atom is 0.282 e. The lowest BCUT2D eigenvalue weighted by atomic mass is 10.1. The van der Waals surface area contributed by atoms with Crippen LogP contribution in [0.3, 0.4) is 0 Å². The molecule has 2 aromatic carbocycles. The Morgan fingerprint density at radius 3 is 2.41 bits per heavy atom. The first-order chi connectivity index (χ1) is 10.6. The monoisotopic (exact) mass is 292 g/mol. The van der Waals surface area contributed by atoms with Gasteiger partial charge in [-0.05, 0) is 24.3 Å². The molecule has 0 bridgehead atoms. The van der Waals surface area contributed by atoms with Gasteiger partial charge in [-0.3, -0.25) is 14.9 Å². The van der Waals surface area contributed by atoms with Gasteiger partial charge in [-0.25, -0.2) is 0 Å². The van der Waals surface area contributed by atoms with E-state index in [9.17, 15) is 14.9 Å².